The maximum atomic E-state index is 13.4. The number of fused-ring (bicyclic) bond motifs is 3. The van der Waals surface area contributed by atoms with E-state index in [4.69, 9.17) is 40.5 Å². The third kappa shape index (κ3) is 3.83. The second kappa shape index (κ2) is 8.36. The molecular formula is C22H11Cl3N6OS. The molecule has 0 saturated carbocycles. The number of nitriles is 1. The van der Waals surface area contributed by atoms with Gasteiger partial charge in [0.2, 0.25) is 5.96 Å². The van der Waals surface area contributed by atoms with Crippen LogP contribution in [0, 0.1) is 11.3 Å². The Hall–Kier alpha value is -3.09. The summed E-state index contributed by atoms with van der Waals surface area (Å²) in [6, 6.07) is 14.0. The summed E-state index contributed by atoms with van der Waals surface area (Å²) >= 11 is 19.6. The highest BCUT2D eigenvalue weighted by molar-refractivity contribution is 8.01. The van der Waals surface area contributed by atoms with Gasteiger partial charge in [0.15, 0.2) is 5.16 Å². The lowest BCUT2D eigenvalue weighted by Crippen LogP contribution is -2.36. The number of aromatic nitrogens is 2. The van der Waals surface area contributed by atoms with Crippen molar-refractivity contribution in [3.63, 3.8) is 0 Å². The van der Waals surface area contributed by atoms with Gasteiger partial charge in [0.25, 0.3) is 5.56 Å². The Bertz CT molecular complexity index is 1520. The fraction of sp³-hybridized carbons (Fsp3) is 0.0455. The number of halogens is 3. The van der Waals surface area contributed by atoms with Gasteiger partial charge in [0.1, 0.15) is 22.7 Å². The molecule has 0 fully saturated rings. The summed E-state index contributed by atoms with van der Waals surface area (Å²) in [5.41, 5.74) is 7.31. The van der Waals surface area contributed by atoms with Crippen molar-refractivity contribution < 1.29 is 0 Å². The van der Waals surface area contributed by atoms with Crippen LogP contribution in [0.2, 0.25) is 15.1 Å². The molecule has 3 heterocycles. The first kappa shape index (κ1) is 21.7. The molecule has 0 bridgehead atoms. The second-order valence-electron chi connectivity index (χ2n) is 7.05. The molecule has 1 unspecified atom stereocenters. The number of hydrogen-bond acceptors (Lipinski definition) is 7. The van der Waals surface area contributed by atoms with Crippen molar-refractivity contribution in [2.75, 3.05) is 0 Å². The minimum Gasteiger partial charge on any atom is -0.368 e. The molecule has 1 aromatic heterocycles. The third-order valence-electron chi connectivity index (χ3n) is 4.96. The summed E-state index contributed by atoms with van der Waals surface area (Å²) in [7, 11) is 0. The van der Waals surface area contributed by atoms with E-state index in [9.17, 15) is 10.1 Å². The second-order valence-corrected chi connectivity index (χ2v) is 9.41. The molecule has 0 saturated heterocycles. The number of rotatable bonds is 2. The smallest absolute Gasteiger partial charge is 0.278 e. The van der Waals surface area contributed by atoms with Crippen molar-refractivity contribution >= 4 is 64.4 Å². The van der Waals surface area contributed by atoms with Crippen molar-refractivity contribution in [3.8, 4) is 17.3 Å². The first-order chi connectivity index (χ1) is 15.9. The SMILES string of the molecule is N#Cc1c(-c2ccc(Cl)cc2Cl)nc2n(c1=O)C1=NC(N)=N/C(=C/c3ccc(Cl)cc3)C1S2. The minimum absolute atomic E-state index is 0.00476. The quantitative estimate of drug-likeness (QED) is 0.494. The molecule has 162 valence electrons. The fourth-order valence-electron chi connectivity index (χ4n) is 3.51. The summed E-state index contributed by atoms with van der Waals surface area (Å²) in [5.74, 6) is 0.357. The molecular weight excluding hydrogens is 503 g/mol. The summed E-state index contributed by atoms with van der Waals surface area (Å²) < 4.78 is 1.30. The van der Waals surface area contributed by atoms with Crippen molar-refractivity contribution in [3.05, 3.63) is 84.7 Å². The van der Waals surface area contributed by atoms with Crippen LogP contribution in [-0.2, 0) is 0 Å². The Morgan fingerprint density at radius 2 is 1.82 bits per heavy atom. The van der Waals surface area contributed by atoms with E-state index in [0.717, 1.165) is 5.56 Å². The molecule has 1 atom stereocenters. The maximum absolute atomic E-state index is 13.4. The lowest BCUT2D eigenvalue weighted by Gasteiger charge is -2.16. The van der Waals surface area contributed by atoms with E-state index in [1.165, 1.54) is 22.4 Å². The predicted octanol–water partition coefficient (Wildman–Crippen LogP) is 4.83. The summed E-state index contributed by atoms with van der Waals surface area (Å²) in [4.78, 5) is 26.6. The monoisotopic (exact) mass is 512 g/mol. The van der Waals surface area contributed by atoms with Gasteiger partial charge in [0, 0.05) is 15.6 Å². The van der Waals surface area contributed by atoms with Crippen LogP contribution >= 0.6 is 46.6 Å². The van der Waals surface area contributed by atoms with Crippen LogP contribution in [0.3, 0.4) is 0 Å². The molecule has 33 heavy (non-hydrogen) atoms. The van der Waals surface area contributed by atoms with E-state index in [2.05, 4.69) is 15.0 Å². The number of hydrogen-bond donors (Lipinski definition) is 1. The Labute approximate surface area is 206 Å². The molecule has 2 aromatic carbocycles. The Kier molecular flexibility index (Phi) is 5.51. The molecule has 2 N–H and O–H groups in total. The highest BCUT2D eigenvalue weighted by atomic mass is 35.5. The van der Waals surface area contributed by atoms with Crippen LogP contribution in [-0.4, -0.2) is 26.6 Å². The molecule has 2 aliphatic heterocycles. The largest absolute Gasteiger partial charge is 0.368 e. The van der Waals surface area contributed by atoms with Gasteiger partial charge >= 0.3 is 0 Å². The molecule has 0 radical (unpaired) electrons. The Balaban J connectivity index is 1.66. The van der Waals surface area contributed by atoms with Gasteiger partial charge in [-0.05, 0) is 42.0 Å². The lowest BCUT2D eigenvalue weighted by molar-refractivity contribution is 0.843. The number of nitrogens with zero attached hydrogens (tertiary/aromatic N) is 5. The van der Waals surface area contributed by atoms with Crippen LogP contribution in [0.5, 0.6) is 0 Å². The molecule has 0 spiro atoms. The number of nitrogens with two attached hydrogens (primary N) is 1. The number of thioether (sulfide) groups is 1. The van der Waals surface area contributed by atoms with Crippen LogP contribution in [0.1, 0.15) is 11.1 Å². The topological polar surface area (TPSA) is 109 Å². The number of aliphatic imine (C=N–C) groups is 2. The van der Waals surface area contributed by atoms with E-state index in [0.29, 0.717) is 32.3 Å². The van der Waals surface area contributed by atoms with Gasteiger partial charge in [-0.3, -0.25) is 4.79 Å². The van der Waals surface area contributed by atoms with Crippen LogP contribution in [0.4, 0.5) is 0 Å². The third-order valence-corrected chi connectivity index (χ3v) is 6.94. The standard InChI is InChI=1S/C22H11Cl3N6OS/c23-11-3-1-10(2-4-11)7-16-18-19(30-21(27)28-16)31-20(32)14(9-26)17(29-22(31)33-18)13-6-5-12(24)8-15(13)25/h1-8,18H,(H2,27,28)/b16-7+. The molecule has 7 nitrogen and oxygen atoms in total. The van der Waals surface area contributed by atoms with Gasteiger partial charge in [-0.15, -0.1) is 0 Å². The first-order valence-electron chi connectivity index (χ1n) is 9.45. The first-order valence-corrected chi connectivity index (χ1v) is 11.5. The van der Waals surface area contributed by atoms with Crippen LogP contribution in [0.25, 0.3) is 17.3 Å². The van der Waals surface area contributed by atoms with E-state index >= 15 is 0 Å². The van der Waals surface area contributed by atoms with E-state index < -0.39 is 10.8 Å². The van der Waals surface area contributed by atoms with Gasteiger partial charge < -0.3 is 5.73 Å². The zero-order chi connectivity index (χ0) is 23.3. The van der Waals surface area contributed by atoms with Gasteiger partial charge in [-0.1, -0.05) is 58.7 Å². The van der Waals surface area contributed by atoms with Crippen molar-refractivity contribution in [2.24, 2.45) is 15.7 Å². The van der Waals surface area contributed by atoms with Crippen molar-refractivity contribution in [1.82, 2.24) is 9.55 Å². The average molecular weight is 514 g/mol. The Morgan fingerprint density at radius 1 is 1.09 bits per heavy atom. The van der Waals surface area contributed by atoms with E-state index in [1.54, 1.807) is 24.3 Å². The minimum atomic E-state index is -0.558. The van der Waals surface area contributed by atoms with E-state index in [1.807, 2.05) is 24.3 Å². The number of guanidine groups is 1. The van der Waals surface area contributed by atoms with Gasteiger partial charge in [-0.2, -0.15) is 10.3 Å². The van der Waals surface area contributed by atoms with Crippen molar-refractivity contribution in [1.29, 1.82) is 5.26 Å². The molecule has 2 aliphatic rings. The van der Waals surface area contributed by atoms with Crippen molar-refractivity contribution in [2.45, 2.75) is 10.4 Å². The zero-order valence-electron chi connectivity index (χ0n) is 16.5. The fourth-order valence-corrected chi connectivity index (χ4v) is 5.27. The van der Waals surface area contributed by atoms with E-state index in [-0.39, 0.29) is 22.2 Å². The predicted molar refractivity (Wildman–Crippen MR) is 132 cm³/mol. The normalized spacial score (nSPS) is 17.8. The van der Waals surface area contributed by atoms with Crippen LogP contribution in [0.15, 0.2) is 68.1 Å². The van der Waals surface area contributed by atoms with Gasteiger partial charge in [0.05, 0.1) is 16.4 Å². The summed E-state index contributed by atoms with van der Waals surface area (Å²) in [6.45, 7) is 0. The summed E-state index contributed by atoms with van der Waals surface area (Å²) in [6.07, 6.45) is 1.84. The molecule has 5 rings (SSSR count). The highest BCUT2D eigenvalue weighted by Gasteiger charge is 2.38. The Morgan fingerprint density at radius 3 is 2.52 bits per heavy atom. The maximum Gasteiger partial charge on any atom is 0.278 e. The lowest BCUT2D eigenvalue weighted by atomic mass is 10.1. The summed E-state index contributed by atoms with van der Waals surface area (Å²) in [5, 5.41) is 11.0. The molecule has 3 aromatic rings. The van der Waals surface area contributed by atoms with Gasteiger partial charge in [-0.25, -0.2) is 14.5 Å². The highest BCUT2D eigenvalue weighted by Crippen LogP contribution is 2.39. The number of benzene rings is 2. The molecule has 11 heteroatoms. The molecule has 0 aliphatic carbocycles. The average Bonchev–Trinajstić information content (AvgIpc) is 3.14. The molecule has 0 amide bonds. The zero-order valence-corrected chi connectivity index (χ0v) is 19.5. The van der Waals surface area contributed by atoms with Crippen LogP contribution < -0.4 is 11.3 Å².